The molecular formula is C20H11ClN4O6. The van der Waals surface area contributed by atoms with Gasteiger partial charge in [-0.25, -0.2) is 0 Å². The van der Waals surface area contributed by atoms with Gasteiger partial charge in [0.25, 0.3) is 17.3 Å². The summed E-state index contributed by atoms with van der Waals surface area (Å²) in [7, 11) is 0. The minimum atomic E-state index is -0.835. The van der Waals surface area contributed by atoms with Gasteiger partial charge in [0.1, 0.15) is 23.2 Å². The Hall–Kier alpha value is -4.49. The van der Waals surface area contributed by atoms with Crippen LogP contribution < -0.4 is 5.32 Å². The molecule has 0 bridgehead atoms. The summed E-state index contributed by atoms with van der Waals surface area (Å²) in [5, 5.41) is 33.4. The van der Waals surface area contributed by atoms with Crippen LogP contribution in [0.4, 0.5) is 17.1 Å². The zero-order valence-electron chi connectivity index (χ0n) is 15.4. The van der Waals surface area contributed by atoms with Crippen molar-refractivity contribution in [2.75, 3.05) is 5.32 Å². The molecule has 1 heterocycles. The molecule has 0 saturated heterocycles. The van der Waals surface area contributed by atoms with Crippen molar-refractivity contribution in [1.29, 1.82) is 5.26 Å². The summed E-state index contributed by atoms with van der Waals surface area (Å²) in [6.45, 7) is 0. The largest absolute Gasteiger partial charge is 0.457 e. The molecule has 0 radical (unpaired) electrons. The SMILES string of the molecule is N#C/C(=C\c1ccc(-c2ccc([N+](=O)[O-])cc2)o1)C(=O)Nc1cc([N+](=O)[O-])ccc1Cl. The number of hydrogen-bond acceptors (Lipinski definition) is 7. The van der Waals surface area contributed by atoms with E-state index in [4.69, 9.17) is 16.0 Å². The van der Waals surface area contributed by atoms with Gasteiger partial charge in [-0.2, -0.15) is 5.26 Å². The minimum Gasteiger partial charge on any atom is -0.457 e. The Labute approximate surface area is 179 Å². The molecule has 11 heteroatoms. The third-order valence-corrected chi connectivity index (χ3v) is 4.38. The van der Waals surface area contributed by atoms with Crippen molar-refractivity contribution < 1.29 is 19.1 Å². The maximum atomic E-state index is 12.4. The topological polar surface area (TPSA) is 152 Å². The van der Waals surface area contributed by atoms with E-state index in [2.05, 4.69) is 5.32 Å². The standard InChI is InChI=1S/C20H11ClN4O6/c21-17-7-5-15(25(29)30)10-18(17)23-20(26)13(11-22)9-16-6-8-19(31-16)12-1-3-14(4-2-12)24(27)28/h1-10H,(H,23,26)/b13-9+. The number of non-ortho nitro benzene ring substituents is 2. The predicted octanol–water partition coefficient (Wildman–Crippen LogP) is 4.96. The maximum Gasteiger partial charge on any atom is 0.271 e. The normalized spacial score (nSPS) is 10.9. The molecule has 3 rings (SSSR count). The number of furan rings is 1. The van der Waals surface area contributed by atoms with Crippen LogP contribution in [0.15, 0.2) is 64.6 Å². The third-order valence-electron chi connectivity index (χ3n) is 4.05. The lowest BCUT2D eigenvalue weighted by Crippen LogP contribution is -2.13. The summed E-state index contributed by atoms with van der Waals surface area (Å²) in [4.78, 5) is 32.9. The van der Waals surface area contributed by atoms with E-state index in [9.17, 15) is 30.3 Å². The predicted molar refractivity (Wildman–Crippen MR) is 111 cm³/mol. The van der Waals surface area contributed by atoms with Crippen molar-refractivity contribution in [3.05, 3.63) is 91.2 Å². The van der Waals surface area contributed by atoms with Crippen molar-refractivity contribution in [3.8, 4) is 17.4 Å². The first-order valence-electron chi connectivity index (χ1n) is 8.50. The molecule has 154 valence electrons. The summed E-state index contributed by atoms with van der Waals surface area (Å²) >= 11 is 5.95. The third kappa shape index (κ3) is 4.92. The summed E-state index contributed by atoms with van der Waals surface area (Å²) in [5.41, 5.74) is -0.128. The van der Waals surface area contributed by atoms with E-state index < -0.39 is 15.8 Å². The number of nitro benzene ring substituents is 2. The molecule has 0 aliphatic heterocycles. The van der Waals surface area contributed by atoms with Gasteiger partial charge in [0.15, 0.2) is 0 Å². The number of carbonyl (C=O) groups is 1. The highest BCUT2D eigenvalue weighted by atomic mass is 35.5. The highest BCUT2D eigenvalue weighted by molar-refractivity contribution is 6.34. The zero-order chi connectivity index (χ0) is 22.5. The van der Waals surface area contributed by atoms with Gasteiger partial charge in [-0.3, -0.25) is 25.0 Å². The summed E-state index contributed by atoms with van der Waals surface area (Å²) < 4.78 is 5.58. The molecule has 0 saturated carbocycles. The number of hydrogen-bond donors (Lipinski definition) is 1. The second kappa shape index (κ2) is 8.89. The number of amides is 1. The molecule has 0 atom stereocenters. The summed E-state index contributed by atoms with van der Waals surface area (Å²) in [5.74, 6) is -0.274. The van der Waals surface area contributed by atoms with Crippen LogP contribution in [0.3, 0.4) is 0 Å². The first-order valence-corrected chi connectivity index (χ1v) is 8.88. The van der Waals surface area contributed by atoms with E-state index >= 15 is 0 Å². The highest BCUT2D eigenvalue weighted by Gasteiger charge is 2.16. The Bertz CT molecular complexity index is 1260. The summed E-state index contributed by atoms with van der Waals surface area (Å²) in [6.07, 6.45) is 1.19. The smallest absolute Gasteiger partial charge is 0.271 e. The molecule has 2 aromatic carbocycles. The molecular weight excluding hydrogens is 428 g/mol. The second-order valence-electron chi connectivity index (χ2n) is 6.05. The molecule has 0 aliphatic rings. The Morgan fingerprint density at radius 1 is 1.03 bits per heavy atom. The van der Waals surface area contributed by atoms with Crippen molar-refractivity contribution >= 4 is 40.6 Å². The lowest BCUT2D eigenvalue weighted by atomic mass is 10.1. The van der Waals surface area contributed by atoms with Crippen molar-refractivity contribution in [2.24, 2.45) is 0 Å². The Morgan fingerprint density at radius 3 is 2.29 bits per heavy atom. The van der Waals surface area contributed by atoms with E-state index in [1.54, 1.807) is 12.1 Å². The van der Waals surface area contributed by atoms with Crippen molar-refractivity contribution in [1.82, 2.24) is 0 Å². The molecule has 0 unspecified atom stereocenters. The fourth-order valence-electron chi connectivity index (χ4n) is 2.54. The van der Waals surface area contributed by atoms with Crippen molar-refractivity contribution in [3.63, 3.8) is 0 Å². The molecule has 10 nitrogen and oxygen atoms in total. The van der Waals surface area contributed by atoms with Gasteiger partial charge in [-0.05, 0) is 30.3 Å². The van der Waals surface area contributed by atoms with Crippen LogP contribution in [0.25, 0.3) is 17.4 Å². The monoisotopic (exact) mass is 438 g/mol. The molecule has 0 aliphatic carbocycles. The van der Waals surface area contributed by atoms with Gasteiger partial charge >= 0.3 is 0 Å². The van der Waals surface area contributed by atoms with Crippen LogP contribution in [0, 0.1) is 31.6 Å². The summed E-state index contributed by atoms with van der Waals surface area (Å²) in [6, 6.07) is 14.0. The number of carbonyl (C=O) groups excluding carboxylic acids is 1. The number of nitriles is 1. The molecule has 0 fully saturated rings. The number of rotatable bonds is 6. The first kappa shape index (κ1) is 21.2. The Balaban J connectivity index is 1.81. The zero-order valence-corrected chi connectivity index (χ0v) is 16.2. The molecule has 1 N–H and O–H groups in total. The van der Waals surface area contributed by atoms with E-state index in [0.717, 1.165) is 6.07 Å². The number of nitrogens with one attached hydrogen (secondary N) is 1. The quantitative estimate of drug-likeness (QED) is 0.247. The van der Waals surface area contributed by atoms with Crippen LogP contribution in [-0.2, 0) is 4.79 Å². The van der Waals surface area contributed by atoms with Gasteiger partial charge in [-0.15, -0.1) is 0 Å². The van der Waals surface area contributed by atoms with E-state index in [1.807, 2.05) is 0 Å². The van der Waals surface area contributed by atoms with Crippen LogP contribution in [0.1, 0.15) is 5.76 Å². The number of nitro groups is 2. The first-order chi connectivity index (χ1) is 14.8. The van der Waals surface area contributed by atoms with Gasteiger partial charge in [-0.1, -0.05) is 11.6 Å². The molecule has 31 heavy (non-hydrogen) atoms. The number of benzene rings is 2. The van der Waals surface area contributed by atoms with Gasteiger partial charge < -0.3 is 9.73 Å². The van der Waals surface area contributed by atoms with Gasteiger partial charge in [0.2, 0.25) is 0 Å². The van der Waals surface area contributed by atoms with Crippen LogP contribution >= 0.6 is 11.6 Å². The molecule has 0 spiro atoms. The number of nitrogens with zero attached hydrogens (tertiary/aromatic N) is 3. The van der Waals surface area contributed by atoms with Gasteiger partial charge in [0.05, 0.1) is 20.6 Å². The number of halogens is 1. The van der Waals surface area contributed by atoms with Crippen LogP contribution in [0.5, 0.6) is 0 Å². The number of anilines is 1. The Kier molecular flexibility index (Phi) is 6.09. The van der Waals surface area contributed by atoms with E-state index in [-0.39, 0.29) is 33.4 Å². The fourth-order valence-corrected chi connectivity index (χ4v) is 2.70. The highest BCUT2D eigenvalue weighted by Crippen LogP contribution is 2.28. The lowest BCUT2D eigenvalue weighted by Gasteiger charge is -2.06. The Morgan fingerprint density at radius 2 is 1.68 bits per heavy atom. The lowest BCUT2D eigenvalue weighted by molar-refractivity contribution is -0.385. The van der Waals surface area contributed by atoms with Crippen molar-refractivity contribution in [2.45, 2.75) is 0 Å². The van der Waals surface area contributed by atoms with Crippen LogP contribution in [0.2, 0.25) is 5.02 Å². The van der Waals surface area contributed by atoms with Gasteiger partial charge in [0, 0.05) is 35.9 Å². The molecule has 1 aromatic heterocycles. The van der Waals surface area contributed by atoms with E-state index in [1.165, 1.54) is 48.5 Å². The van der Waals surface area contributed by atoms with E-state index in [0.29, 0.717) is 11.3 Å². The second-order valence-corrected chi connectivity index (χ2v) is 6.46. The fraction of sp³-hybridized carbons (Fsp3) is 0. The average molecular weight is 439 g/mol. The average Bonchev–Trinajstić information content (AvgIpc) is 3.22. The van der Waals surface area contributed by atoms with Crippen LogP contribution in [-0.4, -0.2) is 15.8 Å². The molecule has 1 amide bonds. The molecule has 3 aromatic rings. The maximum absolute atomic E-state index is 12.4. The minimum absolute atomic E-state index is 0.0203.